The van der Waals surface area contributed by atoms with E-state index in [9.17, 15) is 39.5 Å². The van der Waals surface area contributed by atoms with E-state index in [0.717, 1.165) is 0 Å². The molecular weight excluding hydrogens is 294 g/mol. The van der Waals surface area contributed by atoms with Crippen LogP contribution < -0.4 is 0 Å². The highest BCUT2D eigenvalue weighted by Crippen LogP contribution is 2.40. The Morgan fingerprint density at radius 1 is 0.588 bits per heavy atom. The first-order chi connectivity index (χ1) is 7.10. The van der Waals surface area contributed by atoms with Crippen molar-refractivity contribution in [3.05, 3.63) is 0 Å². The third-order valence-electron chi connectivity index (χ3n) is 0.982. The van der Waals surface area contributed by atoms with Gasteiger partial charge in [0.2, 0.25) is 0 Å². The Labute approximate surface area is 89.3 Å². The second kappa shape index (κ2) is 5.92. The Morgan fingerprint density at radius 3 is 0.706 bits per heavy atom. The molecule has 0 aliphatic carbocycles. The van der Waals surface area contributed by atoms with Crippen LogP contribution in [0.5, 0.6) is 0 Å². The lowest BCUT2D eigenvalue weighted by atomic mass is 10.3. The van der Waals surface area contributed by atoms with E-state index < -0.39 is 33.5 Å². The first kappa shape index (κ1) is 18.9. The van der Waals surface area contributed by atoms with Gasteiger partial charge in [-0.3, -0.25) is 0 Å². The van der Waals surface area contributed by atoms with Crippen molar-refractivity contribution in [1.29, 1.82) is 0 Å². The summed E-state index contributed by atoms with van der Waals surface area (Å²) in [6, 6.07) is 0. The molecule has 104 valence electrons. The monoisotopic (exact) mass is 298 g/mol. The molecule has 0 amide bonds. The summed E-state index contributed by atoms with van der Waals surface area (Å²) >= 11 is 0. The molecular formula is C3H4BF9O3Si. The van der Waals surface area contributed by atoms with Gasteiger partial charge in [0.1, 0.15) is 0 Å². The summed E-state index contributed by atoms with van der Waals surface area (Å²) in [5.41, 5.74) is 0. The molecule has 0 aromatic heterocycles. The van der Waals surface area contributed by atoms with Gasteiger partial charge in [-0.15, -0.1) is 0 Å². The van der Waals surface area contributed by atoms with Crippen molar-refractivity contribution in [2.45, 2.75) is 17.4 Å². The van der Waals surface area contributed by atoms with Crippen LogP contribution in [0.3, 0.4) is 0 Å². The predicted molar refractivity (Wildman–Crippen MR) is 37.7 cm³/mol. The number of hydrogen-bond acceptors (Lipinski definition) is 3. The van der Waals surface area contributed by atoms with E-state index in [-0.39, 0.29) is 0 Å². The third kappa shape index (κ3) is 9.25. The summed E-state index contributed by atoms with van der Waals surface area (Å²) in [5, 5.41) is 21.5. The molecule has 0 spiro atoms. The summed E-state index contributed by atoms with van der Waals surface area (Å²) < 4.78 is 102. The fraction of sp³-hybridized carbons (Fsp3) is 1.00. The average molecular weight is 298 g/mol. The third-order valence-corrected chi connectivity index (χ3v) is 2.95. The maximum absolute atomic E-state index is 11.3. The standard InChI is InChI=1S/C3HF9Si.BH3O3/c4-1(5,6)13(2(7,8)9)3(10,11)12;2-1(3)4/h13H;2-4H. The van der Waals surface area contributed by atoms with Gasteiger partial charge in [0, 0.05) is 0 Å². The van der Waals surface area contributed by atoms with E-state index in [1.54, 1.807) is 0 Å². The second-order valence-electron chi connectivity index (χ2n) is 2.40. The Bertz CT molecular complexity index is 185. The van der Waals surface area contributed by atoms with Gasteiger partial charge in [0.25, 0.3) is 0 Å². The van der Waals surface area contributed by atoms with Crippen molar-refractivity contribution in [3.63, 3.8) is 0 Å². The highest BCUT2D eigenvalue weighted by atomic mass is 28.3. The Hall–Kier alpha value is -0.468. The van der Waals surface area contributed by atoms with E-state index in [4.69, 9.17) is 15.1 Å². The van der Waals surface area contributed by atoms with Crippen LogP contribution in [0, 0.1) is 0 Å². The van der Waals surface area contributed by atoms with Crippen molar-refractivity contribution in [2.75, 3.05) is 0 Å². The Morgan fingerprint density at radius 2 is 0.706 bits per heavy atom. The van der Waals surface area contributed by atoms with Crippen molar-refractivity contribution in [1.82, 2.24) is 0 Å². The molecule has 14 heteroatoms. The van der Waals surface area contributed by atoms with Crippen LogP contribution in [0.25, 0.3) is 0 Å². The number of rotatable bonds is 0. The second-order valence-corrected chi connectivity index (χ2v) is 5.23. The number of hydrogen-bond donors (Lipinski definition) is 3. The molecule has 0 atom stereocenters. The average Bonchev–Trinajstić information content (AvgIpc) is 1.69. The minimum absolute atomic E-state index is 2.17. The zero-order valence-electron chi connectivity index (χ0n) is 7.40. The van der Waals surface area contributed by atoms with Crippen LogP contribution in [0.15, 0.2) is 0 Å². The molecule has 0 aromatic rings. The van der Waals surface area contributed by atoms with E-state index in [1.807, 2.05) is 0 Å². The molecule has 0 fully saturated rings. The highest BCUT2D eigenvalue weighted by Gasteiger charge is 2.72. The first-order valence-electron chi connectivity index (χ1n) is 3.34. The fourth-order valence-corrected chi connectivity index (χ4v) is 1.67. The van der Waals surface area contributed by atoms with Gasteiger partial charge >= 0.3 is 33.5 Å². The number of halogens is 9. The molecule has 0 unspecified atom stereocenters. The normalized spacial score (nSPS) is 13.2. The quantitative estimate of drug-likeness (QED) is 0.450. The van der Waals surface area contributed by atoms with Crippen molar-refractivity contribution in [3.8, 4) is 0 Å². The molecule has 3 N–H and O–H groups in total. The molecule has 17 heavy (non-hydrogen) atoms. The van der Waals surface area contributed by atoms with E-state index in [0.29, 0.717) is 0 Å². The summed E-state index contributed by atoms with van der Waals surface area (Å²) in [6.07, 6.45) is 0. The van der Waals surface area contributed by atoms with E-state index in [2.05, 4.69) is 0 Å². The Balaban J connectivity index is 0. The van der Waals surface area contributed by atoms with Crippen LogP contribution in [-0.4, -0.2) is 48.6 Å². The smallest absolute Gasteiger partial charge is 0.402 e. The molecule has 3 nitrogen and oxygen atoms in total. The molecule has 0 aliphatic rings. The van der Waals surface area contributed by atoms with Crippen LogP contribution >= 0.6 is 0 Å². The Kier molecular flexibility index (Phi) is 6.58. The van der Waals surface area contributed by atoms with Gasteiger partial charge in [0.05, 0.1) is 0 Å². The van der Waals surface area contributed by atoms with Crippen LogP contribution in [-0.2, 0) is 0 Å². The first-order valence-corrected chi connectivity index (χ1v) is 5.07. The maximum atomic E-state index is 11.3. The van der Waals surface area contributed by atoms with Crippen LogP contribution in [0.4, 0.5) is 39.5 Å². The van der Waals surface area contributed by atoms with Crippen LogP contribution in [0.2, 0.25) is 0 Å². The summed E-state index contributed by atoms with van der Waals surface area (Å²) in [4.78, 5) is 0. The summed E-state index contributed by atoms with van der Waals surface area (Å²) in [7, 11) is -8.97. The summed E-state index contributed by atoms with van der Waals surface area (Å²) in [6.45, 7) is 0. The predicted octanol–water partition coefficient (Wildman–Crippen LogP) is 0.466. The molecule has 0 aliphatic heterocycles. The summed E-state index contributed by atoms with van der Waals surface area (Å²) in [5.74, 6) is -18.7. The van der Waals surface area contributed by atoms with Crippen LogP contribution in [0.1, 0.15) is 0 Å². The molecule has 0 heterocycles. The lowest BCUT2D eigenvalue weighted by molar-refractivity contribution is -0.151. The van der Waals surface area contributed by atoms with Gasteiger partial charge in [-0.1, -0.05) is 0 Å². The maximum Gasteiger partial charge on any atom is 0.631 e. The van der Waals surface area contributed by atoms with Crippen molar-refractivity contribution < 1.29 is 54.6 Å². The fourth-order valence-electron chi connectivity index (χ4n) is 0.557. The SMILES string of the molecule is FC(F)(F)[SiH](C(F)(F)F)C(F)(F)F.OB(O)O. The molecule has 0 rings (SSSR count). The zero-order chi connectivity index (χ0) is 14.7. The van der Waals surface area contributed by atoms with E-state index >= 15 is 0 Å². The largest absolute Gasteiger partial charge is 0.631 e. The molecule has 0 radical (unpaired) electrons. The minimum atomic E-state index is -6.80. The van der Waals surface area contributed by atoms with Gasteiger partial charge in [-0.05, 0) is 0 Å². The lowest BCUT2D eigenvalue weighted by Crippen LogP contribution is -2.57. The van der Waals surface area contributed by atoms with E-state index in [1.165, 1.54) is 0 Å². The topological polar surface area (TPSA) is 60.7 Å². The zero-order valence-corrected chi connectivity index (χ0v) is 8.55. The van der Waals surface area contributed by atoms with Gasteiger partial charge in [-0.25, -0.2) is 0 Å². The number of alkyl halides is 9. The van der Waals surface area contributed by atoms with Crippen molar-refractivity contribution >= 4 is 16.1 Å². The van der Waals surface area contributed by atoms with Gasteiger partial charge in [0.15, 0.2) is 0 Å². The van der Waals surface area contributed by atoms with Crippen molar-refractivity contribution in [2.24, 2.45) is 0 Å². The molecule has 0 aromatic carbocycles. The van der Waals surface area contributed by atoms with Gasteiger partial charge in [-0.2, -0.15) is 39.5 Å². The van der Waals surface area contributed by atoms with Gasteiger partial charge < -0.3 is 15.1 Å². The molecule has 0 saturated heterocycles. The lowest BCUT2D eigenvalue weighted by Gasteiger charge is -2.22. The molecule has 0 bridgehead atoms. The minimum Gasteiger partial charge on any atom is -0.402 e. The highest BCUT2D eigenvalue weighted by molar-refractivity contribution is 6.65. The molecule has 0 saturated carbocycles.